The second-order valence-corrected chi connectivity index (χ2v) is 12.1. The summed E-state index contributed by atoms with van der Waals surface area (Å²) in [4.78, 5) is 28.6. The van der Waals surface area contributed by atoms with Crippen molar-refractivity contribution in [3.63, 3.8) is 0 Å². The van der Waals surface area contributed by atoms with E-state index < -0.39 is 12.1 Å². The van der Waals surface area contributed by atoms with E-state index in [0.717, 1.165) is 10.9 Å². The summed E-state index contributed by atoms with van der Waals surface area (Å²) in [5, 5.41) is 18.8. The third-order valence-corrected chi connectivity index (χ3v) is 6.48. The van der Waals surface area contributed by atoms with Crippen LogP contribution in [0.1, 0.15) is 15.9 Å². The highest BCUT2D eigenvalue weighted by Crippen LogP contribution is 2.39. The van der Waals surface area contributed by atoms with Crippen molar-refractivity contribution in [2.24, 2.45) is 0 Å². The lowest BCUT2D eigenvalue weighted by Crippen LogP contribution is -2.24. The van der Waals surface area contributed by atoms with E-state index in [1.165, 1.54) is 19.2 Å². The van der Waals surface area contributed by atoms with E-state index in [2.05, 4.69) is 10.6 Å². The molecule has 1 aromatic heterocycles. The van der Waals surface area contributed by atoms with Crippen molar-refractivity contribution in [1.82, 2.24) is 10.3 Å². The van der Waals surface area contributed by atoms with E-state index in [0.29, 0.717) is 39.1 Å². The number of fused-ring (bicyclic) bond motifs is 2. The van der Waals surface area contributed by atoms with Gasteiger partial charge in [0, 0.05) is 16.8 Å². The number of nitrogens with one attached hydrogen (secondary N) is 2. The van der Waals surface area contributed by atoms with Crippen LogP contribution < -0.4 is 15.4 Å². The molecule has 0 saturated carbocycles. The van der Waals surface area contributed by atoms with Crippen molar-refractivity contribution in [3.8, 4) is 5.75 Å². The number of carbonyl (C=O) groups excluding carboxylic acids is 1. The van der Waals surface area contributed by atoms with E-state index in [1.807, 2.05) is 31.2 Å². The second kappa shape index (κ2) is 9.35. The topological polar surface area (TPSA) is 123 Å². The lowest BCUT2D eigenvalue weighted by Gasteiger charge is -2.17. The van der Waals surface area contributed by atoms with E-state index in [1.54, 1.807) is 31.5 Å². The molecule has 35 heavy (non-hydrogen) atoms. The van der Waals surface area contributed by atoms with Crippen LogP contribution in [-0.2, 0) is 4.57 Å². The Morgan fingerprint density at radius 2 is 1.77 bits per heavy atom. The fourth-order valence-corrected chi connectivity index (χ4v) is 4.36. The number of nitrogens with zero attached hydrogens (tertiary/aromatic N) is 2. The fourth-order valence-electron chi connectivity index (χ4n) is 3.84. The minimum absolute atomic E-state index is 0.0833. The molecular weight excluding hydrogens is 467 g/mol. The number of pyridine rings is 1. The fraction of sp³-hybridized carbons (Fsp3) is 0.200. The van der Waals surface area contributed by atoms with Gasteiger partial charge >= 0.3 is 0 Å². The van der Waals surface area contributed by atoms with Gasteiger partial charge in [0.15, 0.2) is 0 Å². The lowest BCUT2D eigenvalue weighted by molar-refractivity contribution is -0.384. The molecule has 9 nitrogen and oxygen atoms in total. The largest absolute Gasteiger partial charge is 0.494 e. The Labute approximate surface area is 202 Å². The summed E-state index contributed by atoms with van der Waals surface area (Å²) < 4.78 is 17.5. The predicted molar refractivity (Wildman–Crippen MR) is 139 cm³/mol. The maximum absolute atomic E-state index is 13.0. The van der Waals surface area contributed by atoms with E-state index in [-0.39, 0.29) is 17.9 Å². The van der Waals surface area contributed by atoms with Crippen LogP contribution in [0.3, 0.4) is 0 Å². The SMILES string of the molecule is COc1cc([N+](=O)[O-])ccc1Nc1c2cccc(C)c2nc2c(C(=O)NCP(C)(C)=O)cccc12. The molecule has 2 N–H and O–H groups in total. The van der Waals surface area contributed by atoms with Crippen molar-refractivity contribution >= 4 is 51.9 Å². The molecule has 0 aliphatic heterocycles. The normalized spacial score (nSPS) is 11.4. The zero-order valence-electron chi connectivity index (χ0n) is 19.8. The second-order valence-electron chi connectivity index (χ2n) is 8.66. The molecule has 4 aromatic rings. The van der Waals surface area contributed by atoms with Crippen molar-refractivity contribution in [2.45, 2.75) is 6.92 Å². The molecule has 0 unspecified atom stereocenters. The molecular formula is C25H25N4O5P. The number of nitro benzene ring substituents is 1. The molecule has 0 spiro atoms. The number of anilines is 2. The molecule has 0 fully saturated rings. The highest BCUT2D eigenvalue weighted by atomic mass is 31.2. The Morgan fingerprint density at radius 1 is 1.09 bits per heavy atom. The Hall–Kier alpha value is -3.97. The average Bonchev–Trinajstić information content (AvgIpc) is 2.82. The zero-order valence-corrected chi connectivity index (χ0v) is 20.7. The van der Waals surface area contributed by atoms with Gasteiger partial charge in [-0.3, -0.25) is 14.9 Å². The number of aryl methyl sites for hydroxylation is 1. The molecule has 0 saturated heterocycles. The molecule has 0 atom stereocenters. The first kappa shape index (κ1) is 24.2. The van der Waals surface area contributed by atoms with Gasteiger partial charge in [0.1, 0.15) is 12.9 Å². The molecule has 0 radical (unpaired) electrons. The van der Waals surface area contributed by atoms with E-state index in [9.17, 15) is 19.5 Å². The van der Waals surface area contributed by atoms with Crippen LogP contribution in [0.5, 0.6) is 5.75 Å². The van der Waals surface area contributed by atoms with Crippen LogP contribution in [0.2, 0.25) is 0 Å². The summed E-state index contributed by atoms with van der Waals surface area (Å²) in [5.41, 5.74) is 3.60. The number of methoxy groups -OCH3 is 1. The average molecular weight is 492 g/mol. The van der Waals surface area contributed by atoms with Crippen LogP contribution in [0.25, 0.3) is 21.8 Å². The summed E-state index contributed by atoms with van der Waals surface area (Å²) in [6, 6.07) is 15.4. The Morgan fingerprint density at radius 3 is 2.43 bits per heavy atom. The van der Waals surface area contributed by atoms with Crippen LogP contribution in [0.4, 0.5) is 17.1 Å². The van der Waals surface area contributed by atoms with Gasteiger partial charge in [-0.1, -0.05) is 30.3 Å². The van der Waals surface area contributed by atoms with Crippen molar-refractivity contribution < 1.29 is 19.0 Å². The molecule has 0 bridgehead atoms. The number of aromatic nitrogens is 1. The molecule has 1 heterocycles. The molecule has 3 aromatic carbocycles. The standard InChI is InChI=1S/C25H25N4O5P/c1-15-7-5-8-17-22(15)28-24-18(9-6-10-19(24)25(30)26-14-35(3,4)33)23(17)27-20-12-11-16(29(31)32)13-21(20)34-2/h5-13H,14H2,1-4H3,(H,26,30)(H,27,28). The summed E-state index contributed by atoms with van der Waals surface area (Å²) in [5.74, 6) is -0.0562. The first-order chi connectivity index (χ1) is 16.6. The van der Waals surface area contributed by atoms with Crippen LogP contribution in [0, 0.1) is 17.0 Å². The van der Waals surface area contributed by atoms with Gasteiger partial charge in [-0.15, -0.1) is 0 Å². The Balaban J connectivity index is 1.93. The van der Waals surface area contributed by atoms with Crippen molar-refractivity contribution in [3.05, 3.63) is 75.8 Å². The maximum Gasteiger partial charge on any atom is 0.273 e. The maximum atomic E-state index is 13.0. The molecule has 180 valence electrons. The first-order valence-electron chi connectivity index (χ1n) is 10.8. The summed E-state index contributed by atoms with van der Waals surface area (Å²) in [6.45, 7) is 5.17. The predicted octanol–water partition coefficient (Wildman–Crippen LogP) is 5.67. The molecule has 1 amide bonds. The minimum atomic E-state index is -2.45. The number of benzene rings is 3. The van der Waals surface area contributed by atoms with Gasteiger partial charge in [-0.25, -0.2) is 4.98 Å². The number of hydrogen-bond acceptors (Lipinski definition) is 7. The lowest BCUT2D eigenvalue weighted by atomic mass is 10.0. The van der Waals surface area contributed by atoms with Gasteiger partial charge in [0.25, 0.3) is 11.6 Å². The molecule has 0 aliphatic rings. The van der Waals surface area contributed by atoms with Gasteiger partial charge in [0.2, 0.25) is 0 Å². The number of amides is 1. The highest BCUT2D eigenvalue weighted by molar-refractivity contribution is 7.62. The number of ether oxygens (including phenoxy) is 1. The molecule has 4 rings (SSSR count). The van der Waals surface area contributed by atoms with Crippen LogP contribution in [-0.4, -0.2) is 42.5 Å². The van der Waals surface area contributed by atoms with Crippen LogP contribution in [0.15, 0.2) is 54.6 Å². The van der Waals surface area contributed by atoms with Crippen molar-refractivity contribution in [2.75, 3.05) is 32.0 Å². The molecule has 0 aliphatic carbocycles. The summed E-state index contributed by atoms with van der Waals surface area (Å²) >= 11 is 0. The quantitative estimate of drug-likeness (QED) is 0.147. The third kappa shape index (κ3) is 4.95. The minimum Gasteiger partial charge on any atom is -0.494 e. The van der Waals surface area contributed by atoms with Gasteiger partial charge in [-0.2, -0.15) is 0 Å². The highest BCUT2D eigenvalue weighted by Gasteiger charge is 2.20. The van der Waals surface area contributed by atoms with Gasteiger partial charge < -0.3 is 19.9 Å². The summed E-state index contributed by atoms with van der Waals surface area (Å²) in [7, 11) is -1.01. The smallest absolute Gasteiger partial charge is 0.273 e. The van der Waals surface area contributed by atoms with Crippen molar-refractivity contribution in [1.29, 1.82) is 0 Å². The van der Waals surface area contributed by atoms with E-state index >= 15 is 0 Å². The van der Waals surface area contributed by atoms with Gasteiger partial charge in [0.05, 0.1) is 52.4 Å². The monoisotopic (exact) mass is 492 g/mol. The number of rotatable bonds is 7. The van der Waals surface area contributed by atoms with Gasteiger partial charge in [-0.05, 0) is 37.9 Å². The number of para-hydroxylation sites is 2. The zero-order chi connectivity index (χ0) is 25.3. The Kier molecular flexibility index (Phi) is 6.45. The van der Waals surface area contributed by atoms with E-state index in [4.69, 9.17) is 9.72 Å². The number of carbonyl (C=O) groups is 1. The third-order valence-electron chi connectivity index (χ3n) is 5.56. The number of non-ortho nitro benzene ring substituents is 1. The number of nitro groups is 1. The Bertz CT molecular complexity index is 1530. The first-order valence-corrected chi connectivity index (χ1v) is 13.6. The van der Waals surface area contributed by atoms with Crippen LogP contribution >= 0.6 is 7.14 Å². The number of hydrogen-bond donors (Lipinski definition) is 2. The summed E-state index contributed by atoms with van der Waals surface area (Å²) in [6.07, 6.45) is 0.0833. The molecule has 10 heteroatoms.